The fourth-order valence-corrected chi connectivity index (χ4v) is 4.04. The van der Waals surface area contributed by atoms with Crippen molar-refractivity contribution in [2.24, 2.45) is 11.8 Å². The highest BCUT2D eigenvalue weighted by atomic mass is 16.2. The van der Waals surface area contributed by atoms with Gasteiger partial charge in [-0.1, -0.05) is 25.2 Å². The van der Waals surface area contributed by atoms with E-state index in [1.807, 2.05) is 6.92 Å². The van der Waals surface area contributed by atoms with Gasteiger partial charge in [-0.25, -0.2) is 0 Å². The van der Waals surface area contributed by atoms with Crippen LogP contribution in [-0.4, -0.2) is 34.7 Å². The van der Waals surface area contributed by atoms with E-state index in [1.54, 1.807) is 4.90 Å². The Morgan fingerprint density at radius 3 is 2.86 bits per heavy atom. The van der Waals surface area contributed by atoms with Crippen molar-refractivity contribution in [2.75, 3.05) is 13.1 Å². The standard InChI is InChI=1S/C23H25N3O2/c1-2-15(14-24)23(28)26-10-8-16(9-11-26)20-12-18(13-22(27)17-6-7-17)25-21-5-3-4-19(20)21/h3-4,8,12,15,17H,2,5-7,9-11,13H2,1H3. The Labute approximate surface area is 165 Å². The molecule has 1 aromatic heterocycles. The van der Waals surface area contributed by atoms with Gasteiger partial charge in [0, 0.05) is 43.1 Å². The molecule has 1 atom stereocenters. The lowest BCUT2D eigenvalue weighted by Gasteiger charge is -2.28. The van der Waals surface area contributed by atoms with Crippen molar-refractivity contribution in [3.63, 3.8) is 0 Å². The molecule has 0 saturated heterocycles. The summed E-state index contributed by atoms with van der Waals surface area (Å²) in [7, 11) is 0. The van der Waals surface area contributed by atoms with Gasteiger partial charge >= 0.3 is 0 Å². The van der Waals surface area contributed by atoms with Crippen LogP contribution in [0.15, 0.2) is 18.2 Å². The Hall–Kier alpha value is -2.74. The number of aromatic nitrogens is 1. The number of ketones is 1. The third kappa shape index (κ3) is 3.64. The summed E-state index contributed by atoms with van der Waals surface area (Å²) < 4.78 is 0. The summed E-state index contributed by atoms with van der Waals surface area (Å²) >= 11 is 0. The van der Waals surface area contributed by atoms with Gasteiger partial charge in [0.2, 0.25) is 5.91 Å². The molecule has 5 heteroatoms. The molecule has 5 nitrogen and oxygen atoms in total. The van der Waals surface area contributed by atoms with Crippen molar-refractivity contribution < 1.29 is 9.59 Å². The smallest absolute Gasteiger partial charge is 0.240 e. The van der Waals surface area contributed by atoms with Crippen LogP contribution in [0.3, 0.4) is 0 Å². The van der Waals surface area contributed by atoms with Gasteiger partial charge in [-0.15, -0.1) is 0 Å². The summed E-state index contributed by atoms with van der Waals surface area (Å²) in [5.41, 5.74) is 5.42. The number of carbonyl (C=O) groups excluding carboxylic acids is 2. The number of fused-ring (bicyclic) bond motifs is 1. The van der Waals surface area contributed by atoms with E-state index in [-0.39, 0.29) is 11.8 Å². The number of hydrogen-bond donors (Lipinski definition) is 0. The fraction of sp³-hybridized carbons (Fsp3) is 0.478. The predicted octanol–water partition coefficient (Wildman–Crippen LogP) is 3.34. The van der Waals surface area contributed by atoms with Crippen LogP contribution < -0.4 is 0 Å². The van der Waals surface area contributed by atoms with Gasteiger partial charge in [0.05, 0.1) is 11.8 Å². The number of nitriles is 1. The van der Waals surface area contributed by atoms with Crippen molar-refractivity contribution in [3.8, 4) is 6.07 Å². The molecule has 1 aliphatic heterocycles. The Morgan fingerprint density at radius 2 is 2.21 bits per heavy atom. The van der Waals surface area contributed by atoms with Crippen molar-refractivity contribution in [1.29, 1.82) is 5.26 Å². The molecule has 1 saturated carbocycles. The monoisotopic (exact) mass is 375 g/mol. The summed E-state index contributed by atoms with van der Waals surface area (Å²) in [6.45, 7) is 3.03. The van der Waals surface area contributed by atoms with E-state index in [2.05, 4.69) is 30.4 Å². The molecule has 4 rings (SSSR count). The van der Waals surface area contributed by atoms with E-state index in [4.69, 9.17) is 10.2 Å². The SMILES string of the molecule is CCC(C#N)C(=O)N1CC=C(c2cc(CC(=O)C3CC3)nc3c2C=CC3)CC1. The number of hydrogen-bond acceptors (Lipinski definition) is 4. The maximum absolute atomic E-state index is 12.5. The van der Waals surface area contributed by atoms with E-state index in [9.17, 15) is 9.59 Å². The molecule has 0 radical (unpaired) electrons. The first-order valence-electron chi connectivity index (χ1n) is 10.2. The number of pyridine rings is 1. The summed E-state index contributed by atoms with van der Waals surface area (Å²) in [5, 5.41) is 9.15. The molecule has 2 heterocycles. The third-order valence-electron chi connectivity index (χ3n) is 5.90. The average Bonchev–Trinajstić information content (AvgIpc) is 3.46. The van der Waals surface area contributed by atoms with Gasteiger partial charge in [0.25, 0.3) is 0 Å². The van der Waals surface area contributed by atoms with E-state index in [0.29, 0.717) is 31.7 Å². The molecule has 0 aromatic carbocycles. The zero-order valence-electron chi connectivity index (χ0n) is 16.3. The predicted molar refractivity (Wildman–Crippen MR) is 107 cm³/mol. The molecule has 28 heavy (non-hydrogen) atoms. The Kier molecular flexibility index (Phi) is 5.13. The van der Waals surface area contributed by atoms with Crippen LogP contribution >= 0.6 is 0 Å². The van der Waals surface area contributed by atoms with Crippen molar-refractivity contribution in [3.05, 3.63) is 40.7 Å². The molecule has 144 valence electrons. The largest absolute Gasteiger partial charge is 0.337 e. The van der Waals surface area contributed by atoms with Crippen LogP contribution in [0.25, 0.3) is 11.6 Å². The van der Waals surface area contributed by atoms with E-state index >= 15 is 0 Å². The molecule has 0 bridgehead atoms. The summed E-state index contributed by atoms with van der Waals surface area (Å²) in [6, 6.07) is 4.18. The highest BCUT2D eigenvalue weighted by Gasteiger charge is 2.30. The van der Waals surface area contributed by atoms with Crippen molar-refractivity contribution in [1.82, 2.24) is 9.88 Å². The van der Waals surface area contributed by atoms with Gasteiger partial charge < -0.3 is 4.90 Å². The number of rotatable bonds is 6. The number of carbonyl (C=O) groups is 2. The molecule has 3 aliphatic rings. The van der Waals surface area contributed by atoms with E-state index in [1.165, 1.54) is 5.57 Å². The Balaban J connectivity index is 1.56. The van der Waals surface area contributed by atoms with Crippen LogP contribution in [0.4, 0.5) is 0 Å². The lowest BCUT2D eigenvalue weighted by molar-refractivity contribution is -0.133. The van der Waals surface area contributed by atoms with E-state index < -0.39 is 5.92 Å². The maximum Gasteiger partial charge on any atom is 0.240 e. The molecule has 2 aliphatic carbocycles. The molecular formula is C23H25N3O2. The second kappa shape index (κ2) is 7.71. The maximum atomic E-state index is 12.5. The van der Waals surface area contributed by atoms with Gasteiger partial charge in [-0.3, -0.25) is 14.6 Å². The zero-order valence-corrected chi connectivity index (χ0v) is 16.3. The highest BCUT2D eigenvalue weighted by molar-refractivity contribution is 5.86. The first-order chi connectivity index (χ1) is 13.6. The average molecular weight is 375 g/mol. The first kappa shape index (κ1) is 18.6. The van der Waals surface area contributed by atoms with Gasteiger partial charge in [0.15, 0.2) is 0 Å². The molecule has 1 unspecified atom stereocenters. The highest BCUT2D eigenvalue weighted by Crippen LogP contribution is 2.34. The van der Waals surface area contributed by atoms with Gasteiger partial charge in [0.1, 0.15) is 11.7 Å². The van der Waals surface area contributed by atoms with Crippen LogP contribution in [0.1, 0.15) is 55.1 Å². The summed E-state index contributed by atoms with van der Waals surface area (Å²) in [4.78, 5) is 31.2. The second-order valence-electron chi connectivity index (χ2n) is 7.90. The first-order valence-corrected chi connectivity index (χ1v) is 10.2. The molecular weight excluding hydrogens is 350 g/mol. The normalized spacial score (nSPS) is 19.0. The van der Waals surface area contributed by atoms with Crippen molar-refractivity contribution >= 4 is 23.3 Å². The topological polar surface area (TPSA) is 74.1 Å². The minimum atomic E-state index is -0.553. The van der Waals surface area contributed by atoms with Crippen LogP contribution in [-0.2, 0) is 22.4 Å². The van der Waals surface area contributed by atoms with Gasteiger partial charge in [-0.05, 0) is 42.9 Å². The van der Waals surface area contributed by atoms with Crippen molar-refractivity contribution in [2.45, 2.75) is 45.4 Å². The lowest BCUT2D eigenvalue weighted by atomic mass is 9.93. The molecule has 1 aromatic rings. The second-order valence-corrected chi connectivity index (χ2v) is 7.90. The minimum absolute atomic E-state index is 0.0733. The zero-order chi connectivity index (χ0) is 19.7. The Morgan fingerprint density at radius 1 is 1.39 bits per heavy atom. The van der Waals surface area contributed by atoms with Gasteiger partial charge in [-0.2, -0.15) is 5.26 Å². The molecule has 1 fully saturated rings. The fourth-order valence-electron chi connectivity index (χ4n) is 4.04. The number of nitrogens with zero attached hydrogens (tertiary/aromatic N) is 3. The quantitative estimate of drug-likeness (QED) is 0.764. The number of amides is 1. The summed E-state index contributed by atoms with van der Waals surface area (Å²) in [5.74, 6) is -0.0726. The summed E-state index contributed by atoms with van der Waals surface area (Å²) in [6.07, 6.45) is 10.9. The van der Waals surface area contributed by atoms with Crippen LogP contribution in [0.2, 0.25) is 0 Å². The van der Waals surface area contributed by atoms with Crippen LogP contribution in [0.5, 0.6) is 0 Å². The Bertz CT molecular complexity index is 919. The number of Topliss-reactive ketones (excluding diaryl/α,β-unsaturated/α-hetero) is 1. The van der Waals surface area contributed by atoms with E-state index in [0.717, 1.165) is 48.2 Å². The van der Waals surface area contributed by atoms with Crippen LogP contribution in [0, 0.1) is 23.2 Å². The lowest BCUT2D eigenvalue weighted by Crippen LogP contribution is -2.38. The molecule has 0 spiro atoms. The molecule has 0 N–H and O–H groups in total. The third-order valence-corrected chi connectivity index (χ3v) is 5.90. The minimum Gasteiger partial charge on any atom is -0.337 e. The molecule has 1 amide bonds. The number of allylic oxidation sites excluding steroid dienone is 1.